The maximum atomic E-state index is 4.59. The van der Waals surface area contributed by atoms with E-state index < -0.39 is 0 Å². The predicted molar refractivity (Wildman–Crippen MR) is 73.3 cm³/mol. The van der Waals surface area contributed by atoms with Crippen molar-refractivity contribution in [2.75, 3.05) is 6.26 Å². The predicted octanol–water partition coefficient (Wildman–Crippen LogP) is 3.08. The van der Waals surface area contributed by atoms with E-state index in [-0.39, 0.29) is 0 Å². The van der Waals surface area contributed by atoms with Gasteiger partial charge in [0.25, 0.3) is 0 Å². The standard InChI is InChI=1S/C12H20N2S2/c1-3-12-14-9(8-16-12)7-13-10-5-4-6-11(10)15-2/h8,10-11,13H,3-7H2,1-2H3. The Labute approximate surface area is 106 Å². The number of hydrogen-bond acceptors (Lipinski definition) is 4. The third kappa shape index (κ3) is 2.99. The maximum Gasteiger partial charge on any atom is 0.0926 e. The lowest BCUT2D eigenvalue weighted by molar-refractivity contribution is 0.528. The molecule has 1 fully saturated rings. The first-order chi connectivity index (χ1) is 7.83. The van der Waals surface area contributed by atoms with E-state index >= 15 is 0 Å². The van der Waals surface area contributed by atoms with Gasteiger partial charge in [-0.3, -0.25) is 0 Å². The molecule has 2 rings (SSSR count). The summed E-state index contributed by atoms with van der Waals surface area (Å²) in [7, 11) is 0. The largest absolute Gasteiger partial charge is 0.307 e. The molecule has 0 aliphatic heterocycles. The van der Waals surface area contributed by atoms with Crippen molar-refractivity contribution >= 4 is 23.1 Å². The molecule has 1 aromatic rings. The van der Waals surface area contributed by atoms with Crippen LogP contribution in [0.25, 0.3) is 0 Å². The third-order valence-corrected chi connectivity index (χ3v) is 5.41. The van der Waals surface area contributed by atoms with Crippen molar-refractivity contribution in [2.45, 2.75) is 50.4 Å². The molecule has 2 unspecified atom stereocenters. The monoisotopic (exact) mass is 256 g/mol. The number of nitrogens with zero attached hydrogens (tertiary/aromatic N) is 1. The highest BCUT2D eigenvalue weighted by Crippen LogP contribution is 2.28. The highest BCUT2D eigenvalue weighted by atomic mass is 32.2. The van der Waals surface area contributed by atoms with Crippen LogP contribution in [0.2, 0.25) is 0 Å². The number of thiazole rings is 1. The molecule has 0 spiro atoms. The first kappa shape index (κ1) is 12.4. The van der Waals surface area contributed by atoms with Gasteiger partial charge < -0.3 is 5.32 Å². The molecular weight excluding hydrogens is 236 g/mol. The summed E-state index contributed by atoms with van der Waals surface area (Å²) in [5, 5.41) is 7.91. The number of thioether (sulfide) groups is 1. The maximum absolute atomic E-state index is 4.59. The van der Waals surface area contributed by atoms with Crippen LogP contribution in [0.15, 0.2) is 5.38 Å². The van der Waals surface area contributed by atoms with Gasteiger partial charge in [0.15, 0.2) is 0 Å². The van der Waals surface area contributed by atoms with E-state index in [4.69, 9.17) is 0 Å². The molecule has 0 saturated heterocycles. The molecule has 16 heavy (non-hydrogen) atoms. The lowest BCUT2D eigenvalue weighted by atomic mass is 10.2. The lowest BCUT2D eigenvalue weighted by Crippen LogP contribution is -2.33. The van der Waals surface area contributed by atoms with Gasteiger partial charge in [-0.15, -0.1) is 11.3 Å². The summed E-state index contributed by atoms with van der Waals surface area (Å²) in [5.41, 5.74) is 1.22. The second-order valence-corrected chi connectivity index (χ2v) is 6.30. The fraction of sp³-hybridized carbons (Fsp3) is 0.750. The molecule has 0 aromatic carbocycles. The van der Waals surface area contributed by atoms with Crippen LogP contribution in [0, 0.1) is 0 Å². The van der Waals surface area contributed by atoms with Crippen molar-refractivity contribution in [1.82, 2.24) is 10.3 Å². The average molecular weight is 256 g/mol. The number of nitrogens with one attached hydrogen (secondary N) is 1. The Balaban J connectivity index is 1.82. The SMILES string of the molecule is CCc1nc(CNC2CCCC2SC)cs1. The quantitative estimate of drug-likeness (QED) is 0.876. The van der Waals surface area contributed by atoms with Crippen LogP contribution >= 0.6 is 23.1 Å². The molecule has 1 N–H and O–H groups in total. The van der Waals surface area contributed by atoms with Gasteiger partial charge in [-0.25, -0.2) is 4.98 Å². The zero-order valence-corrected chi connectivity index (χ0v) is 11.7. The molecular formula is C12H20N2S2. The lowest BCUT2D eigenvalue weighted by Gasteiger charge is -2.18. The van der Waals surface area contributed by atoms with Gasteiger partial charge in [0.2, 0.25) is 0 Å². The molecule has 1 aromatic heterocycles. The Morgan fingerprint density at radius 2 is 2.44 bits per heavy atom. The number of aryl methyl sites for hydroxylation is 1. The normalized spacial score (nSPS) is 25.1. The Bertz CT molecular complexity index is 325. The van der Waals surface area contributed by atoms with E-state index in [0.29, 0.717) is 6.04 Å². The Hall–Kier alpha value is -0.0600. The van der Waals surface area contributed by atoms with Gasteiger partial charge in [0.1, 0.15) is 0 Å². The minimum Gasteiger partial charge on any atom is -0.307 e. The van der Waals surface area contributed by atoms with Crippen LogP contribution in [0.3, 0.4) is 0 Å². The van der Waals surface area contributed by atoms with Crippen molar-refractivity contribution in [1.29, 1.82) is 0 Å². The zero-order chi connectivity index (χ0) is 11.4. The van der Waals surface area contributed by atoms with Crippen molar-refractivity contribution in [3.8, 4) is 0 Å². The topological polar surface area (TPSA) is 24.9 Å². The van der Waals surface area contributed by atoms with Crippen LogP contribution < -0.4 is 5.32 Å². The van der Waals surface area contributed by atoms with Crippen LogP contribution in [-0.4, -0.2) is 22.5 Å². The van der Waals surface area contributed by atoms with Gasteiger partial charge >= 0.3 is 0 Å². The van der Waals surface area contributed by atoms with Gasteiger partial charge in [0, 0.05) is 23.2 Å². The second kappa shape index (κ2) is 6.03. The molecule has 0 bridgehead atoms. The number of hydrogen-bond donors (Lipinski definition) is 1. The van der Waals surface area contributed by atoms with Gasteiger partial charge in [-0.2, -0.15) is 11.8 Å². The summed E-state index contributed by atoms with van der Waals surface area (Å²) in [5.74, 6) is 0. The fourth-order valence-corrected chi connectivity index (χ4v) is 3.98. The zero-order valence-electron chi connectivity index (χ0n) is 10.0. The summed E-state index contributed by atoms with van der Waals surface area (Å²) in [6.07, 6.45) is 7.36. The van der Waals surface area contributed by atoms with E-state index in [0.717, 1.165) is 18.2 Å². The van der Waals surface area contributed by atoms with Crippen LogP contribution in [0.1, 0.15) is 36.9 Å². The molecule has 0 amide bonds. The van der Waals surface area contributed by atoms with E-state index in [1.807, 2.05) is 11.8 Å². The molecule has 1 aliphatic carbocycles. The number of aromatic nitrogens is 1. The third-order valence-electron chi connectivity index (χ3n) is 3.20. The molecule has 0 radical (unpaired) electrons. The van der Waals surface area contributed by atoms with E-state index in [2.05, 4.69) is 28.9 Å². The van der Waals surface area contributed by atoms with Crippen LogP contribution in [0.5, 0.6) is 0 Å². The van der Waals surface area contributed by atoms with Crippen LogP contribution in [-0.2, 0) is 13.0 Å². The van der Waals surface area contributed by atoms with Gasteiger partial charge in [0.05, 0.1) is 10.7 Å². The first-order valence-electron chi connectivity index (χ1n) is 6.03. The summed E-state index contributed by atoms with van der Waals surface area (Å²) in [6.45, 7) is 3.11. The minimum atomic E-state index is 0.696. The highest BCUT2D eigenvalue weighted by Gasteiger charge is 2.25. The van der Waals surface area contributed by atoms with Crippen molar-refractivity contribution in [3.05, 3.63) is 16.1 Å². The van der Waals surface area contributed by atoms with E-state index in [9.17, 15) is 0 Å². The van der Waals surface area contributed by atoms with Crippen LogP contribution in [0.4, 0.5) is 0 Å². The average Bonchev–Trinajstić information content (AvgIpc) is 2.94. The molecule has 2 atom stereocenters. The first-order valence-corrected chi connectivity index (χ1v) is 8.19. The van der Waals surface area contributed by atoms with E-state index in [1.54, 1.807) is 11.3 Å². The smallest absolute Gasteiger partial charge is 0.0926 e. The second-order valence-electron chi connectivity index (χ2n) is 4.28. The summed E-state index contributed by atoms with van der Waals surface area (Å²) >= 11 is 3.79. The van der Waals surface area contributed by atoms with Crippen molar-refractivity contribution in [3.63, 3.8) is 0 Å². The minimum absolute atomic E-state index is 0.696. The molecule has 1 heterocycles. The summed E-state index contributed by atoms with van der Waals surface area (Å²) < 4.78 is 0. The number of rotatable bonds is 5. The molecule has 1 aliphatic rings. The van der Waals surface area contributed by atoms with E-state index in [1.165, 1.54) is 30.0 Å². The highest BCUT2D eigenvalue weighted by molar-refractivity contribution is 7.99. The molecule has 4 heteroatoms. The summed E-state index contributed by atoms with van der Waals surface area (Å²) in [4.78, 5) is 4.59. The molecule has 90 valence electrons. The molecule has 2 nitrogen and oxygen atoms in total. The van der Waals surface area contributed by atoms with Gasteiger partial charge in [-0.05, 0) is 25.5 Å². The Morgan fingerprint density at radius 3 is 3.12 bits per heavy atom. The van der Waals surface area contributed by atoms with Crippen molar-refractivity contribution < 1.29 is 0 Å². The Kier molecular flexibility index (Phi) is 4.67. The van der Waals surface area contributed by atoms with Gasteiger partial charge in [-0.1, -0.05) is 13.3 Å². The van der Waals surface area contributed by atoms with Crippen molar-refractivity contribution in [2.24, 2.45) is 0 Å². The molecule has 1 saturated carbocycles. The fourth-order valence-electron chi connectivity index (χ4n) is 2.27. The summed E-state index contributed by atoms with van der Waals surface area (Å²) in [6, 6.07) is 0.696. The Morgan fingerprint density at radius 1 is 1.56 bits per heavy atom.